The summed E-state index contributed by atoms with van der Waals surface area (Å²) in [5.41, 5.74) is 6.19. The lowest BCUT2D eigenvalue weighted by molar-refractivity contribution is -0.136. The first-order chi connectivity index (χ1) is 19.0. The van der Waals surface area contributed by atoms with Gasteiger partial charge in [-0.1, -0.05) is 29.8 Å². The summed E-state index contributed by atoms with van der Waals surface area (Å²) in [4.78, 5) is 25.4. The molecular formula is C31H28ClN3O4S. The van der Waals surface area contributed by atoms with Crippen molar-refractivity contribution in [3.05, 3.63) is 77.1 Å². The molecule has 0 saturated heterocycles. The van der Waals surface area contributed by atoms with Gasteiger partial charge in [0.25, 0.3) is 0 Å². The minimum Gasteiger partial charge on any atom is -0.487 e. The van der Waals surface area contributed by atoms with Crippen LogP contribution in [0.1, 0.15) is 31.9 Å². The van der Waals surface area contributed by atoms with E-state index < -0.39 is 11.6 Å². The molecule has 0 radical (unpaired) electrons. The zero-order valence-electron chi connectivity index (χ0n) is 22.8. The number of aliphatic carboxylic acids is 1. The van der Waals surface area contributed by atoms with Crippen molar-refractivity contribution in [3.8, 4) is 44.6 Å². The number of thiazole rings is 1. The predicted octanol–water partition coefficient (Wildman–Crippen LogP) is 7.86. The van der Waals surface area contributed by atoms with Crippen molar-refractivity contribution in [1.82, 2.24) is 15.0 Å². The summed E-state index contributed by atoms with van der Waals surface area (Å²) in [7, 11) is 1.53. The van der Waals surface area contributed by atoms with E-state index in [1.807, 2.05) is 64.1 Å². The molecule has 0 atom stereocenters. The molecular weight excluding hydrogens is 546 g/mol. The zero-order chi connectivity index (χ0) is 28.6. The molecule has 40 heavy (non-hydrogen) atoms. The van der Waals surface area contributed by atoms with Gasteiger partial charge in [0.15, 0.2) is 0 Å². The number of benzene rings is 3. The second kappa shape index (κ2) is 10.9. The van der Waals surface area contributed by atoms with E-state index >= 15 is 0 Å². The number of aryl methyl sites for hydroxylation is 1. The maximum absolute atomic E-state index is 12.0. The van der Waals surface area contributed by atoms with E-state index in [0.717, 1.165) is 54.2 Å². The largest absolute Gasteiger partial charge is 0.487 e. The highest BCUT2D eigenvalue weighted by molar-refractivity contribution is 7.22. The number of aromatic nitrogens is 3. The number of ether oxygens (including phenoxy) is 2. The van der Waals surface area contributed by atoms with Crippen molar-refractivity contribution in [1.29, 1.82) is 0 Å². The van der Waals surface area contributed by atoms with Gasteiger partial charge in [-0.15, -0.1) is 11.3 Å². The van der Waals surface area contributed by atoms with Crippen molar-refractivity contribution in [3.63, 3.8) is 0 Å². The number of methoxy groups -OCH3 is 1. The van der Waals surface area contributed by atoms with Crippen LogP contribution in [0.5, 0.6) is 11.8 Å². The fraction of sp³-hybridized carbons (Fsp3) is 0.226. The fourth-order valence-electron chi connectivity index (χ4n) is 4.54. The Morgan fingerprint density at radius 3 is 2.42 bits per heavy atom. The molecule has 0 unspecified atom stereocenters. The Morgan fingerprint density at radius 2 is 1.75 bits per heavy atom. The third-order valence-electron chi connectivity index (χ3n) is 6.22. The van der Waals surface area contributed by atoms with Gasteiger partial charge in [-0.05, 0) is 74.7 Å². The number of nitrogens with zero attached hydrogens (tertiary/aromatic N) is 3. The van der Waals surface area contributed by atoms with Crippen LogP contribution in [0.25, 0.3) is 43.0 Å². The minimum absolute atomic E-state index is 0.130. The predicted molar refractivity (Wildman–Crippen MR) is 160 cm³/mol. The van der Waals surface area contributed by atoms with Crippen molar-refractivity contribution >= 4 is 39.1 Å². The van der Waals surface area contributed by atoms with E-state index in [0.29, 0.717) is 16.8 Å². The smallest absolute Gasteiger partial charge is 0.316 e. The monoisotopic (exact) mass is 573 g/mol. The van der Waals surface area contributed by atoms with Gasteiger partial charge in [0.1, 0.15) is 16.4 Å². The van der Waals surface area contributed by atoms with Crippen LogP contribution in [-0.4, -0.2) is 38.7 Å². The molecule has 0 amide bonds. The summed E-state index contributed by atoms with van der Waals surface area (Å²) in [6.07, 6.45) is 3.31. The van der Waals surface area contributed by atoms with Crippen LogP contribution in [0, 0.1) is 6.92 Å². The Balaban J connectivity index is 1.71. The van der Waals surface area contributed by atoms with Crippen molar-refractivity contribution in [2.45, 2.75) is 39.7 Å². The van der Waals surface area contributed by atoms with Crippen LogP contribution in [0.2, 0.25) is 5.02 Å². The maximum atomic E-state index is 12.0. The van der Waals surface area contributed by atoms with Gasteiger partial charge in [0.2, 0.25) is 0 Å². The van der Waals surface area contributed by atoms with Gasteiger partial charge in [-0.3, -0.25) is 4.79 Å². The van der Waals surface area contributed by atoms with Gasteiger partial charge in [0, 0.05) is 39.7 Å². The van der Waals surface area contributed by atoms with E-state index in [9.17, 15) is 9.90 Å². The Labute approximate surface area is 241 Å². The molecule has 204 valence electrons. The van der Waals surface area contributed by atoms with Gasteiger partial charge in [-0.25, -0.2) is 15.0 Å². The summed E-state index contributed by atoms with van der Waals surface area (Å²) in [6.45, 7) is 7.82. The summed E-state index contributed by atoms with van der Waals surface area (Å²) in [6, 6.07) is 15.8. The molecule has 0 aliphatic rings. The molecule has 0 spiro atoms. The first kappa shape index (κ1) is 27.6. The lowest BCUT2D eigenvalue weighted by Crippen LogP contribution is -2.23. The third-order valence-corrected chi connectivity index (χ3v) is 7.59. The molecule has 0 fully saturated rings. The number of carboxylic acid groups (broad SMARTS) is 1. The van der Waals surface area contributed by atoms with Crippen LogP contribution < -0.4 is 9.47 Å². The fourth-order valence-corrected chi connectivity index (χ4v) is 5.83. The van der Waals surface area contributed by atoms with Crippen molar-refractivity contribution in [2.24, 2.45) is 0 Å². The van der Waals surface area contributed by atoms with E-state index in [1.54, 1.807) is 24.5 Å². The molecule has 5 rings (SSSR count). The van der Waals surface area contributed by atoms with Crippen LogP contribution in [0.4, 0.5) is 0 Å². The number of rotatable bonds is 7. The summed E-state index contributed by atoms with van der Waals surface area (Å²) in [5, 5.41) is 11.2. The van der Waals surface area contributed by atoms with Gasteiger partial charge < -0.3 is 14.6 Å². The molecule has 0 bridgehead atoms. The standard InChI is InChI=1S/C31H28ClN3O4S/c1-17-11-24-28(27(23(17)14-26(36)37)22-10-9-21(32)13-25(22)39-31(2,3)4)40-29(35-24)19-8-6-7-18(12-19)20-15-33-30(38-5)34-16-20/h6-13,15-16H,14H2,1-5H3,(H,36,37). The average molecular weight is 574 g/mol. The maximum Gasteiger partial charge on any atom is 0.316 e. The van der Waals surface area contributed by atoms with Gasteiger partial charge in [0.05, 0.1) is 23.7 Å². The Kier molecular flexibility index (Phi) is 7.49. The topological polar surface area (TPSA) is 94.4 Å². The van der Waals surface area contributed by atoms with Gasteiger partial charge in [-0.2, -0.15) is 0 Å². The lowest BCUT2D eigenvalue weighted by atomic mass is 9.92. The Bertz CT molecular complexity index is 1730. The molecule has 9 heteroatoms. The average Bonchev–Trinajstić information content (AvgIpc) is 3.32. The molecule has 0 aliphatic carbocycles. The van der Waals surface area contributed by atoms with E-state index in [4.69, 9.17) is 26.1 Å². The number of hydrogen-bond acceptors (Lipinski definition) is 7. The molecule has 5 aromatic rings. The molecule has 7 nitrogen and oxygen atoms in total. The molecule has 3 aromatic carbocycles. The van der Waals surface area contributed by atoms with Crippen LogP contribution in [0.3, 0.4) is 0 Å². The number of hydrogen-bond donors (Lipinski definition) is 1. The quantitative estimate of drug-likeness (QED) is 0.212. The number of carboxylic acids is 1. The lowest BCUT2D eigenvalue weighted by Gasteiger charge is -2.24. The van der Waals surface area contributed by atoms with Crippen LogP contribution >= 0.6 is 22.9 Å². The zero-order valence-corrected chi connectivity index (χ0v) is 24.4. The third kappa shape index (κ3) is 5.78. The molecule has 2 heterocycles. The highest BCUT2D eigenvalue weighted by atomic mass is 35.5. The first-order valence-corrected chi connectivity index (χ1v) is 13.8. The minimum atomic E-state index is -0.907. The number of halogens is 1. The second-order valence-corrected chi connectivity index (χ2v) is 11.8. The van der Waals surface area contributed by atoms with Crippen LogP contribution in [-0.2, 0) is 11.2 Å². The summed E-state index contributed by atoms with van der Waals surface area (Å²) >= 11 is 7.89. The highest BCUT2D eigenvalue weighted by Crippen LogP contribution is 2.45. The SMILES string of the molecule is COc1ncc(-c2cccc(-c3nc4cc(C)c(CC(=O)O)c(-c5ccc(Cl)cc5OC(C)(C)C)c4s3)c2)cn1. The Morgan fingerprint density at radius 1 is 1.02 bits per heavy atom. The molecule has 2 aromatic heterocycles. The van der Waals surface area contributed by atoms with E-state index in [2.05, 4.69) is 9.97 Å². The molecule has 1 N–H and O–H groups in total. The van der Waals surface area contributed by atoms with Crippen molar-refractivity contribution < 1.29 is 19.4 Å². The van der Waals surface area contributed by atoms with Crippen molar-refractivity contribution in [2.75, 3.05) is 7.11 Å². The second-order valence-electron chi connectivity index (χ2n) is 10.4. The number of carbonyl (C=O) groups is 1. The van der Waals surface area contributed by atoms with E-state index in [1.165, 1.54) is 18.4 Å². The first-order valence-electron chi connectivity index (χ1n) is 12.6. The molecule has 0 saturated carbocycles. The van der Waals surface area contributed by atoms with E-state index in [-0.39, 0.29) is 6.42 Å². The van der Waals surface area contributed by atoms with Crippen LogP contribution in [0.15, 0.2) is 60.9 Å². The summed E-state index contributed by atoms with van der Waals surface area (Å²) in [5.74, 6) is -0.315. The van der Waals surface area contributed by atoms with Gasteiger partial charge >= 0.3 is 12.0 Å². The number of fused-ring (bicyclic) bond motifs is 1. The summed E-state index contributed by atoms with van der Waals surface area (Å²) < 4.78 is 12.3. The normalized spacial score (nSPS) is 11.6. The molecule has 0 aliphatic heterocycles. The highest BCUT2D eigenvalue weighted by Gasteiger charge is 2.24. The Hall–Kier alpha value is -4.01.